The molecule has 2 rings (SSSR count). The van der Waals surface area contributed by atoms with E-state index in [-0.39, 0.29) is 37.0 Å². The van der Waals surface area contributed by atoms with Gasteiger partial charge in [0.05, 0.1) is 18.8 Å². The number of carboxylic acids is 1. The molecule has 5 atom stereocenters. The number of hydrogen-bond acceptors (Lipinski definition) is 9. The molecule has 1 aliphatic rings. The lowest BCUT2D eigenvalue weighted by atomic mass is 9.74. The fourth-order valence-electron chi connectivity index (χ4n) is 6.70. The molecule has 1 saturated carbocycles. The molecule has 1 aromatic rings. The van der Waals surface area contributed by atoms with Crippen LogP contribution < -0.4 is 31.3 Å². The van der Waals surface area contributed by atoms with E-state index in [1.54, 1.807) is 32.0 Å². The molecule has 16 nitrogen and oxygen atoms in total. The van der Waals surface area contributed by atoms with Crippen LogP contribution in [0.15, 0.2) is 30.3 Å². The number of benzene rings is 1. The monoisotopic (exact) mass is 792 g/mol. The zero-order valence-corrected chi connectivity index (χ0v) is 33.8. The van der Waals surface area contributed by atoms with Crippen molar-refractivity contribution in [2.75, 3.05) is 12.8 Å². The first kappa shape index (κ1) is 46.8. The zero-order chi connectivity index (χ0) is 41.5. The van der Waals surface area contributed by atoms with Gasteiger partial charge in [0.15, 0.2) is 6.04 Å². The fourth-order valence-corrected chi connectivity index (χ4v) is 7.42. The summed E-state index contributed by atoms with van der Waals surface area (Å²) in [6.45, 7) is 9.97. The van der Waals surface area contributed by atoms with Gasteiger partial charge in [-0.1, -0.05) is 90.6 Å². The van der Waals surface area contributed by atoms with Gasteiger partial charge in [0.25, 0.3) is 5.91 Å². The van der Waals surface area contributed by atoms with E-state index in [1.807, 2.05) is 27.7 Å². The van der Waals surface area contributed by atoms with Crippen molar-refractivity contribution in [2.45, 2.75) is 129 Å². The third kappa shape index (κ3) is 15.3. The average Bonchev–Trinajstić information content (AvgIpc) is 3.11. The Morgan fingerprint density at radius 3 is 1.93 bits per heavy atom. The molecule has 5 amide bonds. The minimum atomic E-state index is -3.78. The average molecular weight is 793 g/mol. The number of ketones is 1. The minimum absolute atomic E-state index is 0.0548. The van der Waals surface area contributed by atoms with E-state index in [4.69, 9.17) is 0 Å². The number of nitrogens with one attached hydrogen (secondary N) is 6. The number of aliphatic carboxylic acids is 1. The molecule has 0 radical (unpaired) electrons. The minimum Gasteiger partial charge on any atom is -0.479 e. The molecule has 0 bridgehead atoms. The maximum absolute atomic E-state index is 14.3. The number of carbonyl (C=O) groups excluding carboxylic acids is 6. The molecule has 1 fully saturated rings. The second kappa shape index (κ2) is 21.6. The molecule has 1 aliphatic carbocycles. The molecule has 1 aromatic carbocycles. The van der Waals surface area contributed by atoms with Crippen LogP contribution in [0.5, 0.6) is 0 Å². The van der Waals surface area contributed by atoms with Crippen LogP contribution in [0, 0.1) is 17.8 Å². The molecule has 17 heteroatoms. The Morgan fingerprint density at radius 1 is 0.818 bits per heavy atom. The molecule has 2 unspecified atom stereocenters. The van der Waals surface area contributed by atoms with Crippen LogP contribution in [-0.4, -0.2) is 91.3 Å². The standard InChI is InChI=1S/C38H60N6O10S/c1-8-15-27(32(46)35(49)39-22-30(45)42-31(36(50)51)25-16-11-9-12-17-25)40-33(47)28(20-23(2)3)41-37(52)38(6,26-18-13-10-14-19-26)43-34(48)29(21-24(4)5)44-55(7,53)54/h9,11-12,16-17,23-24,26-29,31,44H,8,10,13-15,18-22H2,1-7H3,(H,39,49)(H,40,47)(H,41,52)(H,42,45)(H,43,48)(H,50,51)/t27?,28-,29?,31-,38-/m0/s1. The number of rotatable bonds is 22. The Balaban J connectivity index is 2.25. The van der Waals surface area contributed by atoms with Gasteiger partial charge in [-0.3, -0.25) is 28.8 Å². The number of carboxylic acid groups (broad SMARTS) is 1. The molecule has 0 aliphatic heterocycles. The van der Waals surface area contributed by atoms with E-state index in [1.165, 1.54) is 12.1 Å². The predicted octanol–water partition coefficient (Wildman–Crippen LogP) is 1.85. The van der Waals surface area contributed by atoms with Crippen molar-refractivity contribution in [2.24, 2.45) is 17.8 Å². The topological polar surface area (TPSA) is 246 Å². The highest BCUT2D eigenvalue weighted by atomic mass is 32.2. The third-order valence-corrected chi connectivity index (χ3v) is 10.2. The summed E-state index contributed by atoms with van der Waals surface area (Å²) in [7, 11) is -3.78. The van der Waals surface area contributed by atoms with Crippen molar-refractivity contribution < 1.29 is 47.1 Å². The van der Waals surface area contributed by atoms with Gasteiger partial charge in [-0.2, -0.15) is 0 Å². The number of Topliss-reactive ketones (excluding diaryl/α,β-unsaturated/α-hetero) is 1. The van der Waals surface area contributed by atoms with Crippen molar-refractivity contribution in [1.29, 1.82) is 0 Å². The van der Waals surface area contributed by atoms with Gasteiger partial charge in [-0.05, 0) is 62.3 Å². The maximum atomic E-state index is 14.3. The van der Waals surface area contributed by atoms with Gasteiger partial charge in [-0.15, -0.1) is 0 Å². The van der Waals surface area contributed by atoms with E-state index in [0.29, 0.717) is 24.8 Å². The second-order valence-corrected chi connectivity index (χ2v) is 17.2. The second-order valence-electron chi connectivity index (χ2n) is 15.4. The van der Waals surface area contributed by atoms with Crippen LogP contribution in [0.3, 0.4) is 0 Å². The van der Waals surface area contributed by atoms with Gasteiger partial charge >= 0.3 is 5.97 Å². The zero-order valence-electron chi connectivity index (χ0n) is 33.0. The summed E-state index contributed by atoms with van der Waals surface area (Å²) in [4.78, 5) is 92.3. The van der Waals surface area contributed by atoms with Gasteiger partial charge in [0.1, 0.15) is 17.6 Å². The first-order valence-electron chi connectivity index (χ1n) is 19.0. The summed E-state index contributed by atoms with van der Waals surface area (Å²) in [5.74, 6) is -6.93. The Morgan fingerprint density at radius 2 is 1.40 bits per heavy atom. The molecular formula is C38H60N6O10S. The highest BCUT2D eigenvalue weighted by molar-refractivity contribution is 7.88. The smallest absolute Gasteiger partial charge is 0.330 e. The summed E-state index contributed by atoms with van der Waals surface area (Å²) < 4.78 is 26.7. The lowest BCUT2D eigenvalue weighted by Crippen LogP contribution is -2.66. The van der Waals surface area contributed by atoms with Crippen molar-refractivity contribution in [3.8, 4) is 0 Å². The normalized spacial score (nSPS) is 16.8. The Labute approximate surface area is 324 Å². The Kier molecular flexibility index (Phi) is 18.4. The summed E-state index contributed by atoms with van der Waals surface area (Å²) >= 11 is 0. The van der Waals surface area contributed by atoms with Gasteiger partial charge in [0.2, 0.25) is 39.4 Å². The quantitative estimate of drug-likeness (QED) is 0.0840. The van der Waals surface area contributed by atoms with E-state index in [2.05, 4.69) is 31.3 Å². The Hall–Kier alpha value is -4.38. The SMILES string of the molecule is CCCC(NC(=O)[C@H](CC(C)C)NC(=O)[C@@](C)(NC(=O)C(CC(C)C)NS(C)(=O)=O)C1CCCCC1)C(=O)C(=O)NCC(=O)N[C@H](C(=O)O)c1ccccc1. The molecule has 55 heavy (non-hydrogen) atoms. The first-order chi connectivity index (χ1) is 25.7. The molecule has 0 heterocycles. The van der Waals surface area contributed by atoms with Gasteiger partial charge in [0, 0.05) is 0 Å². The molecule has 0 saturated heterocycles. The number of sulfonamides is 1. The van der Waals surface area contributed by atoms with Crippen LogP contribution in [0.25, 0.3) is 0 Å². The third-order valence-electron chi connectivity index (χ3n) is 9.51. The van der Waals surface area contributed by atoms with Crippen molar-refractivity contribution in [3.05, 3.63) is 35.9 Å². The van der Waals surface area contributed by atoms with Gasteiger partial charge < -0.3 is 31.7 Å². The largest absolute Gasteiger partial charge is 0.479 e. The maximum Gasteiger partial charge on any atom is 0.330 e. The van der Waals surface area contributed by atoms with Crippen LogP contribution in [0.4, 0.5) is 0 Å². The molecular weight excluding hydrogens is 733 g/mol. The van der Waals surface area contributed by atoms with Crippen molar-refractivity contribution >= 4 is 51.3 Å². The summed E-state index contributed by atoms with van der Waals surface area (Å²) in [6.07, 6.45) is 5.53. The lowest BCUT2D eigenvalue weighted by molar-refractivity contribution is -0.143. The summed E-state index contributed by atoms with van der Waals surface area (Å²) in [5, 5.41) is 22.3. The number of amides is 5. The van der Waals surface area contributed by atoms with Crippen molar-refractivity contribution in [3.63, 3.8) is 0 Å². The number of carbonyl (C=O) groups is 7. The van der Waals surface area contributed by atoms with Gasteiger partial charge in [-0.25, -0.2) is 17.9 Å². The predicted molar refractivity (Wildman–Crippen MR) is 206 cm³/mol. The Bertz CT molecular complexity index is 1610. The summed E-state index contributed by atoms with van der Waals surface area (Å²) in [5.41, 5.74) is -1.22. The molecule has 7 N–H and O–H groups in total. The fraction of sp³-hybridized carbons (Fsp3) is 0.658. The van der Waals surface area contributed by atoms with Crippen LogP contribution in [0.2, 0.25) is 0 Å². The van der Waals surface area contributed by atoms with E-state index in [0.717, 1.165) is 25.5 Å². The lowest BCUT2D eigenvalue weighted by Gasteiger charge is -2.41. The van der Waals surface area contributed by atoms with Crippen molar-refractivity contribution in [1.82, 2.24) is 31.3 Å². The van der Waals surface area contributed by atoms with Crippen LogP contribution in [-0.2, 0) is 43.6 Å². The molecule has 0 aromatic heterocycles. The molecule has 308 valence electrons. The highest BCUT2D eigenvalue weighted by Crippen LogP contribution is 2.33. The van der Waals surface area contributed by atoms with E-state index >= 15 is 0 Å². The number of hydrogen-bond donors (Lipinski definition) is 7. The molecule has 0 spiro atoms. The van der Waals surface area contributed by atoms with E-state index < -0.39 is 87.6 Å². The first-order valence-corrected chi connectivity index (χ1v) is 20.9. The summed E-state index contributed by atoms with van der Waals surface area (Å²) in [6, 6.07) is 2.91. The highest BCUT2D eigenvalue weighted by Gasteiger charge is 2.45. The van der Waals surface area contributed by atoms with Crippen LogP contribution in [0.1, 0.15) is 111 Å². The van der Waals surface area contributed by atoms with E-state index in [9.17, 15) is 47.1 Å². The van der Waals surface area contributed by atoms with Crippen LogP contribution >= 0.6 is 0 Å².